The third-order valence-electron chi connectivity index (χ3n) is 4.79. The van der Waals surface area contributed by atoms with Gasteiger partial charge in [-0.1, -0.05) is 87.4 Å². The molecular formula is C20H27N3OS2. The minimum Gasteiger partial charge on any atom is -0.300 e. The quantitative estimate of drug-likeness (QED) is 0.530. The summed E-state index contributed by atoms with van der Waals surface area (Å²) in [5.74, 6) is 1.11. The average Bonchev–Trinajstić information content (AvgIpc) is 3.08. The standard InChI is InChI=1S/C20H27N3OS2/c1-20(2,3)16-11-9-14(10-12-16)13-25-19-23-22-18(26-19)21-17(24)15-7-5-4-6-8-15/h9-12,15H,4-8,13H2,1-3H3,(H,21,22,24). The van der Waals surface area contributed by atoms with Gasteiger partial charge in [-0.2, -0.15) is 0 Å². The van der Waals surface area contributed by atoms with Crippen molar-refractivity contribution in [3.63, 3.8) is 0 Å². The summed E-state index contributed by atoms with van der Waals surface area (Å²) in [6.45, 7) is 6.67. The number of benzene rings is 1. The third kappa shape index (κ3) is 5.30. The van der Waals surface area contributed by atoms with Gasteiger partial charge in [0.15, 0.2) is 4.34 Å². The lowest BCUT2D eigenvalue weighted by Gasteiger charge is -2.19. The summed E-state index contributed by atoms with van der Waals surface area (Å²) in [5, 5.41) is 11.9. The molecule has 0 spiro atoms. The van der Waals surface area contributed by atoms with Gasteiger partial charge in [-0.25, -0.2) is 0 Å². The Labute approximate surface area is 164 Å². The Kier molecular flexibility index (Phi) is 6.35. The van der Waals surface area contributed by atoms with Crippen LogP contribution in [0.3, 0.4) is 0 Å². The van der Waals surface area contributed by atoms with Crippen LogP contribution in [0.1, 0.15) is 64.0 Å². The highest BCUT2D eigenvalue weighted by molar-refractivity contribution is 8.00. The second-order valence-corrected chi connectivity index (χ2v) is 10.1. The zero-order chi connectivity index (χ0) is 18.6. The van der Waals surface area contributed by atoms with Gasteiger partial charge in [0, 0.05) is 11.7 Å². The average molecular weight is 390 g/mol. The Bertz CT molecular complexity index is 728. The highest BCUT2D eigenvalue weighted by Crippen LogP contribution is 2.30. The summed E-state index contributed by atoms with van der Waals surface area (Å²) < 4.78 is 0.892. The molecule has 0 bridgehead atoms. The van der Waals surface area contributed by atoms with Gasteiger partial charge in [0.1, 0.15) is 0 Å². The van der Waals surface area contributed by atoms with Crippen molar-refractivity contribution in [2.24, 2.45) is 5.92 Å². The Morgan fingerprint density at radius 3 is 2.50 bits per heavy atom. The van der Waals surface area contributed by atoms with Crippen LogP contribution >= 0.6 is 23.1 Å². The van der Waals surface area contributed by atoms with Crippen molar-refractivity contribution in [3.8, 4) is 0 Å². The topological polar surface area (TPSA) is 54.9 Å². The van der Waals surface area contributed by atoms with Crippen LogP contribution in [0.25, 0.3) is 0 Å². The van der Waals surface area contributed by atoms with Gasteiger partial charge in [0.05, 0.1) is 0 Å². The minimum absolute atomic E-state index is 0.107. The van der Waals surface area contributed by atoms with Crippen molar-refractivity contribution < 1.29 is 4.79 Å². The van der Waals surface area contributed by atoms with E-state index < -0.39 is 0 Å². The summed E-state index contributed by atoms with van der Waals surface area (Å²) in [6, 6.07) is 8.76. The lowest BCUT2D eigenvalue weighted by Crippen LogP contribution is -2.24. The number of hydrogen-bond donors (Lipinski definition) is 1. The van der Waals surface area contributed by atoms with Crippen LogP contribution in [0.15, 0.2) is 28.6 Å². The van der Waals surface area contributed by atoms with E-state index in [1.165, 1.54) is 28.9 Å². The summed E-state index contributed by atoms with van der Waals surface area (Å²) in [7, 11) is 0. The van der Waals surface area contributed by atoms with Gasteiger partial charge in [-0.3, -0.25) is 4.79 Å². The van der Waals surface area contributed by atoms with E-state index in [9.17, 15) is 4.79 Å². The lowest BCUT2D eigenvalue weighted by molar-refractivity contribution is -0.120. The van der Waals surface area contributed by atoms with Crippen molar-refractivity contribution in [2.75, 3.05) is 5.32 Å². The van der Waals surface area contributed by atoms with Crippen LogP contribution < -0.4 is 5.32 Å². The molecule has 2 aromatic rings. The number of rotatable bonds is 5. The zero-order valence-corrected chi connectivity index (χ0v) is 17.4. The number of carbonyl (C=O) groups excluding carboxylic acids is 1. The van der Waals surface area contributed by atoms with Crippen molar-refractivity contribution in [3.05, 3.63) is 35.4 Å². The highest BCUT2D eigenvalue weighted by atomic mass is 32.2. The molecule has 26 heavy (non-hydrogen) atoms. The Morgan fingerprint density at radius 1 is 1.15 bits per heavy atom. The van der Waals surface area contributed by atoms with Crippen molar-refractivity contribution >= 4 is 34.1 Å². The maximum absolute atomic E-state index is 12.3. The molecule has 1 amide bonds. The number of nitrogens with zero attached hydrogens (tertiary/aromatic N) is 2. The van der Waals surface area contributed by atoms with Gasteiger partial charge in [0.25, 0.3) is 0 Å². The molecule has 1 aliphatic rings. The van der Waals surface area contributed by atoms with Crippen molar-refractivity contribution in [1.82, 2.24) is 10.2 Å². The summed E-state index contributed by atoms with van der Waals surface area (Å²) in [4.78, 5) is 12.3. The molecule has 1 aromatic heterocycles. The zero-order valence-electron chi connectivity index (χ0n) is 15.7. The first-order chi connectivity index (χ1) is 12.4. The van der Waals surface area contributed by atoms with E-state index in [0.29, 0.717) is 5.13 Å². The molecule has 6 heteroatoms. The molecular weight excluding hydrogens is 362 g/mol. The molecule has 1 N–H and O–H groups in total. The minimum atomic E-state index is 0.107. The number of carbonyl (C=O) groups is 1. The molecule has 1 aliphatic carbocycles. The molecule has 0 saturated heterocycles. The molecule has 0 aliphatic heterocycles. The molecule has 140 valence electrons. The van der Waals surface area contributed by atoms with E-state index in [2.05, 4.69) is 60.6 Å². The first-order valence-electron chi connectivity index (χ1n) is 9.28. The molecule has 0 radical (unpaired) electrons. The second kappa shape index (κ2) is 8.53. The Balaban J connectivity index is 1.51. The fourth-order valence-electron chi connectivity index (χ4n) is 3.14. The summed E-state index contributed by atoms with van der Waals surface area (Å²) in [6.07, 6.45) is 5.56. The fourth-order valence-corrected chi connectivity index (χ4v) is 4.85. The molecule has 4 nitrogen and oxygen atoms in total. The number of aromatic nitrogens is 2. The Morgan fingerprint density at radius 2 is 1.85 bits per heavy atom. The predicted molar refractivity (Wildman–Crippen MR) is 110 cm³/mol. The Hall–Kier alpha value is -1.40. The first-order valence-corrected chi connectivity index (χ1v) is 11.1. The fraction of sp³-hybridized carbons (Fsp3) is 0.550. The van der Waals surface area contributed by atoms with E-state index in [-0.39, 0.29) is 17.2 Å². The van der Waals surface area contributed by atoms with E-state index in [0.717, 1.165) is 35.8 Å². The number of thioether (sulfide) groups is 1. The highest BCUT2D eigenvalue weighted by Gasteiger charge is 2.22. The van der Waals surface area contributed by atoms with Gasteiger partial charge >= 0.3 is 0 Å². The van der Waals surface area contributed by atoms with Crippen LogP contribution in [0, 0.1) is 5.92 Å². The largest absolute Gasteiger partial charge is 0.300 e. The SMILES string of the molecule is CC(C)(C)c1ccc(CSc2nnc(NC(=O)C3CCCCC3)s2)cc1. The summed E-state index contributed by atoms with van der Waals surface area (Å²) >= 11 is 3.12. The van der Waals surface area contributed by atoms with Crippen molar-refractivity contribution in [2.45, 2.75) is 68.4 Å². The third-order valence-corrected chi connectivity index (χ3v) is 6.84. The van der Waals surface area contributed by atoms with E-state index in [1.54, 1.807) is 11.8 Å². The van der Waals surface area contributed by atoms with Gasteiger partial charge in [-0.05, 0) is 29.4 Å². The molecule has 3 rings (SSSR count). The van der Waals surface area contributed by atoms with Gasteiger partial charge in [-0.15, -0.1) is 10.2 Å². The van der Waals surface area contributed by atoms with Crippen molar-refractivity contribution in [1.29, 1.82) is 0 Å². The molecule has 1 aromatic carbocycles. The first kappa shape index (κ1) is 19.4. The normalized spacial score (nSPS) is 15.8. The molecule has 0 atom stereocenters. The lowest BCUT2D eigenvalue weighted by atomic mass is 9.87. The second-order valence-electron chi connectivity index (χ2n) is 7.93. The monoisotopic (exact) mass is 389 g/mol. The number of anilines is 1. The van der Waals surface area contributed by atoms with E-state index in [4.69, 9.17) is 0 Å². The number of amides is 1. The molecule has 1 saturated carbocycles. The van der Waals surface area contributed by atoms with Crippen LogP contribution in [0.5, 0.6) is 0 Å². The van der Waals surface area contributed by atoms with Crippen LogP contribution in [-0.4, -0.2) is 16.1 Å². The number of hydrogen-bond acceptors (Lipinski definition) is 5. The maximum Gasteiger partial charge on any atom is 0.229 e. The van der Waals surface area contributed by atoms with Gasteiger partial charge in [0.2, 0.25) is 11.0 Å². The maximum atomic E-state index is 12.3. The van der Waals surface area contributed by atoms with Crippen LogP contribution in [0.2, 0.25) is 0 Å². The van der Waals surface area contributed by atoms with E-state index in [1.807, 2.05) is 0 Å². The smallest absolute Gasteiger partial charge is 0.229 e. The predicted octanol–water partition coefficient (Wildman–Crippen LogP) is 5.65. The summed E-state index contributed by atoms with van der Waals surface area (Å²) in [5.41, 5.74) is 2.79. The van der Waals surface area contributed by atoms with Crippen LogP contribution in [-0.2, 0) is 16.0 Å². The van der Waals surface area contributed by atoms with Gasteiger partial charge < -0.3 is 5.32 Å². The molecule has 0 unspecified atom stereocenters. The number of nitrogens with one attached hydrogen (secondary N) is 1. The van der Waals surface area contributed by atoms with Crippen LogP contribution in [0.4, 0.5) is 5.13 Å². The molecule has 1 fully saturated rings. The molecule has 1 heterocycles. The van der Waals surface area contributed by atoms with E-state index >= 15 is 0 Å².